The third-order valence-corrected chi connectivity index (χ3v) is 2.82. The first-order valence-electron chi connectivity index (χ1n) is 5.84. The van der Waals surface area contributed by atoms with Crippen LogP contribution < -0.4 is 11.1 Å². The molecular formula is C12H15FN4O2. The van der Waals surface area contributed by atoms with Crippen molar-refractivity contribution in [2.24, 2.45) is 5.73 Å². The van der Waals surface area contributed by atoms with Crippen molar-refractivity contribution in [3.63, 3.8) is 0 Å². The lowest BCUT2D eigenvalue weighted by atomic mass is 10.2. The topological polar surface area (TPSA) is 91.4 Å². The molecule has 1 heterocycles. The van der Waals surface area contributed by atoms with Gasteiger partial charge in [0.2, 0.25) is 0 Å². The summed E-state index contributed by atoms with van der Waals surface area (Å²) in [6.07, 6.45) is -0.597. The SMILES string of the molecule is N=C(N)C1CN(C(=O)Nc2ccccc2F)CCO1. The van der Waals surface area contributed by atoms with Crippen molar-refractivity contribution in [3.05, 3.63) is 30.1 Å². The number of amides is 2. The fourth-order valence-corrected chi connectivity index (χ4v) is 1.78. The van der Waals surface area contributed by atoms with E-state index in [1.165, 1.54) is 17.0 Å². The molecule has 1 aliphatic rings. The molecule has 4 N–H and O–H groups in total. The van der Waals surface area contributed by atoms with Gasteiger partial charge in [0, 0.05) is 6.54 Å². The van der Waals surface area contributed by atoms with Crippen LogP contribution in [0.5, 0.6) is 0 Å². The number of nitrogens with two attached hydrogens (primary N) is 1. The number of benzene rings is 1. The highest BCUT2D eigenvalue weighted by atomic mass is 19.1. The van der Waals surface area contributed by atoms with Crippen molar-refractivity contribution in [1.82, 2.24) is 4.90 Å². The fourth-order valence-electron chi connectivity index (χ4n) is 1.78. The zero-order valence-corrected chi connectivity index (χ0v) is 10.2. The van der Waals surface area contributed by atoms with Crippen LogP contribution in [0.2, 0.25) is 0 Å². The van der Waals surface area contributed by atoms with E-state index >= 15 is 0 Å². The molecule has 0 aliphatic carbocycles. The van der Waals surface area contributed by atoms with Gasteiger partial charge < -0.3 is 20.7 Å². The molecular weight excluding hydrogens is 251 g/mol. The minimum Gasteiger partial charge on any atom is -0.385 e. The molecule has 19 heavy (non-hydrogen) atoms. The minimum absolute atomic E-state index is 0.122. The lowest BCUT2D eigenvalue weighted by Crippen LogP contribution is -2.51. The van der Waals surface area contributed by atoms with Crippen molar-refractivity contribution in [2.75, 3.05) is 25.0 Å². The molecule has 0 aromatic heterocycles. The van der Waals surface area contributed by atoms with Crippen molar-refractivity contribution in [3.8, 4) is 0 Å². The Morgan fingerprint density at radius 3 is 2.95 bits per heavy atom. The molecule has 102 valence electrons. The highest BCUT2D eigenvalue weighted by Crippen LogP contribution is 2.14. The Hall–Kier alpha value is -2.15. The smallest absolute Gasteiger partial charge is 0.322 e. The van der Waals surface area contributed by atoms with E-state index in [-0.39, 0.29) is 18.1 Å². The number of carbonyl (C=O) groups excluding carboxylic acids is 1. The maximum Gasteiger partial charge on any atom is 0.322 e. The molecule has 1 fully saturated rings. The van der Waals surface area contributed by atoms with Crippen molar-refractivity contribution < 1.29 is 13.9 Å². The second-order valence-corrected chi connectivity index (χ2v) is 4.17. The van der Waals surface area contributed by atoms with Gasteiger partial charge >= 0.3 is 6.03 Å². The van der Waals surface area contributed by atoms with Gasteiger partial charge in [-0.05, 0) is 12.1 Å². The number of hydrogen-bond acceptors (Lipinski definition) is 3. The first kappa shape index (κ1) is 13.3. The van der Waals surface area contributed by atoms with E-state index in [9.17, 15) is 9.18 Å². The van der Waals surface area contributed by atoms with E-state index < -0.39 is 18.0 Å². The van der Waals surface area contributed by atoms with Crippen molar-refractivity contribution >= 4 is 17.6 Å². The quantitative estimate of drug-likeness (QED) is 0.550. The van der Waals surface area contributed by atoms with Gasteiger partial charge in [0.15, 0.2) is 0 Å². The van der Waals surface area contributed by atoms with E-state index in [2.05, 4.69) is 5.32 Å². The number of nitrogens with one attached hydrogen (secondary N) is 2. The molecule has 0 radical (unpaired) electrons. The summed E-state index contributed by atoms with van der Waals surface area (Å²) in [6, 6.07) is 5.50. The van der Waals surface area contributed by atoms with Crippen LogP contribution in [-0.4, -0.2) is 42.6 Å². The van der Waals surface area contributed by atoms with Gasteiger partial charge in [-0.1, -0.05) is 12.1 Å². The molecule has 0 bridgehead atoms. The minimum atomic E-state index is -0.597. The Morgan fingerprint density at radius 1 is 1.53 bits per heavy atom. The average Bonchev–Trinajstić information content (AvgIpc) is 2.41. The number of carbonyl (C=O) groups is 1. The normalized spacial score (nSPS) is 19.0. The summed E-state index contributed by atoms with van der Waals surface area (Å²) >= 11 is 0. The first-order chi connectivity index (χ1) is 9.08. The van der Waals surface area contributed by atoms with Gasteiger partial charge in [0.25, 0.3) is 0 Å². The number of para-hydroxylation sites is 1. The molecule has 0 spiro atoms. The van der Waals surface area contributed by atoms with Gasteiger partial charge in [-0.2, -0.15) is 0 Å². The van der Waals surface area contributed by atoms with Gasteiger partial charge in [-0.3, -0.25) is 5.41 Å². The number of hydrogen-bond donors (Lipinski definition) is 3. The van der Waals surface area contributed by atoms with Crippen LogP contribution in [-0.2, 0) is 4.74 Å². The van der Waals surface area contributed by atoms with Crippen molar-refractivity contribution in [1.29, 1.82) is 5.41 Å². The van der Waals surface area contributed by atoms with Gasteiger partial charge in [-0.15, -0.1) is 0 Å². The summed E-state index contributed by atoms with van der Waals surface area (Å²) < 4.78 is 18.7. The average molecular weight is 266 g/mol. The largest absolute Gasteiger partial charge is 0.385 e. The van der Waals surface area contributed by atoms with E-state index in [1.807, 2.05) is 0 Å². The number of ether oxygens (including phenoxy) is 1. The number of rotatable bonds is 2. The third kappa shape index (κ3) is 3.19. The molecule has 1 saturated heterocycles. The number of morpholine rings is 1. The summed E-state index contributed by atoms with van der Waals surface area (Å²) in [5.74, 6) is -0.615. The fraction of sp³-hybridized carbons (Fsp3) is 0.333. The maximum absolute atomic E-state index is 13.4. The van der Waals surface area contributed by atoms with E-state index in [0.29, 0.717) is 13.2 Å². The van der Waals surface area contributed by atoms with E-state index in [1.54, 1.807) is 12.1 Å². The molecule has 1 aromatic rings. The van der Waals surface area contributed by atoms with E-state index in [0.717, 1.165) is 0 Å². The van der Waals surface area contributed by atoms with Crippen LogP contribution in [0.15, 0.2) is 24.3 Å². The molecule has 1 aliphatic heterocycles. The second kappa shape index (κ2) is 5.66. The molecule has 2 amide bonds. The number of urea groups is 1. The number of anilines is 1. The summed E-state index contributed by atoms with van der Waals surface area (Å²) in [4.78, 5) is 13.4. The number of amidine groups is 1. The van der Waals surface area contributed by atoms with Gasteiger partial charge in [0.05, 0.1) is 18.8 Å². The lowest BCUT2D eigenvalue weighted by Gasteiger charge is -2.32. The molecule has 1 aromatic carbocycles. The highest BCUT2D eigenvalue weighted by molar-refractivity contribution is 5.90. The predicted molar refractivity (Wildman–Crippen MR) is 68.6 cm³/mol. The lowest BCUT2D eigenvalue weighted by molar-refractivity contribution is 0.0234. The molecule has 0 saturated carbocycles. The Balaban J connectivity index is 2.00. The Bertz CT molecular complexity index is 494. The second-order valence-electron chi connectivity index (χ2n) is 4.17. The number of nitrogens with zero attached hydrogens (tertiary/aromatic N) is 1. The Morgan fingerprint density at radius 2 is 2.26 bits per heavy atom. The molecule has 7 heteroatoms. The van der Waals surface area contributed by atoms with Gasteiger partial charge in [-0.25, -0.2) is 9.18 Å². The highest BCUT2D eigenvalue weighted by Gasteiger charge is 2.26. The Kier molecular flexibility index (Phi) is 3.96. The standard InChI is InChI=1S/C12H15FN4O2/c13-8-3-1-2-4-9(8)16-12(18)17-5-6-19-10(7-17)11(14)15/h1-4,10H,5-7H2,(H3,14,15)(H,16,18). The summed E-state index contributed by atoms with van der Waals surface area (Å²) in [7, 11) is 0. The molecule has 1 atom stereocenters. The third-order valence-electron chi connectivity index (χ3n) is 2.82. The summed E-state index contributed by atoms with van der Waals surface area (Å²) in [6.45, 7) is 0.870. The van der Waals surface area contributed by atoms with Crippen LogP contribution in [0.1, 0.15) is 0 Å². The molecule has 2 rings (SSSR count). The first-order valence-corrected chi connectivity index (χ1v) is 5.84. The van der Waals surface area contributed by atoms with E-state index in [4.69, 9.17) is 15.9 Å². The summed E-state index contributed by atoms with van der Waals surface area (Å²) in [5, 5.41) is 9.79. The zero-order valence-electron chi connectivity index (χ0n) is 10.2. The van der Waals surface area contributed by atoms with Crippen LogP contribution in [0, 0.1) is 11.2 Å². The monoisotopic (exact) mass is 266 g/mol. The predicted octanol–water partition coefficient (Wildman–Crippen LogP) is 0.994. The number of halogens is 1. The van der Waals surface area contributed by atoms with Crippen LogP contribution in [0.25, 0.3) is 0 Å². The maximum atomic E-state index is 13.4. The Labute approximate surface area is 109 Å². The summed E-state index contributed by atoms with van der Waals surface area (Å²) in [5.41, 5.74) is 5.47. The zero-order chi connectivity index (χ0) is 13.8. The molecule has 1 unspecified atom stereocenters. The van der Waals surface area contributed by atoms with Crippen LogP contribution >= 0.6 is 0 Å². The van der Waals surface area contributed by atoms with Crippen molar-refractivity contribution in [2.45, 2.75) is 6.10 Å². The molecule has 6 nitrogen and oxygen atoms in total. The van der Waals surface area contributed by atoms with Gasteiger partial charge in [0.1, 0.15) is 17.8 Å². The van der Waals surface area contributed by atoms with Crippen LogP contribution in [0.4, 0.5) is 14.9 Å². The van der Waals surface area contributed by atoms with Crippen LogP contribution in [0.3, 0.4) is 0 Å².